The van der Waals surface area contributed by atoms with E-state index in [9.17, 15) is 4.39 Å². The molecular formula is C15H20FNO. The predicted molar refractivity (Wildman–Crippen MR) is 73.4 cm³/mol. The zero-order valence-electron chi connectivity index (χ0n) is 11.1. The van der Waals surface area contributed by atoms with Gasteiger partial charge < -0.3 is 10.1 Å². The van der Waals surface area contributed by atoms with E-state index in [-0.39, 0.29) is 5.82 Å². The van der Waals surface area contributed by atoms with Crippen LogP contribution in [-0.4, -0.2) is 13.7 Å². The molecule has 98 valence electrons. The van der Waals surface area contributed by atoms with Crippen molar-refractivity contribution in [3.05, 3.63) is 24.0 Å². The normalized spacial score (nSPS) is 9.50. The van der Waals surface area contributed by atoms with Crippen LogP contribution in [0.4, 0.5) is 10.1 Å². The van der Waals surface area contributed by atoms with E-state index in [1.807, 2.05) is 6.92 Å². The second kappa shape index (κ2) is 8.41. The Morgan fingerprint density at radius 2 is 2.11 bits per heavy atom. The van der Waals surface area contributed by atoms with Crippen LogP contribution in [0.15, 0.2) is 18.2 Å². The van der Waals surface area contributed by atoms with Gasteiger partial charge in [-0.1, -0.05) is 6.07 Å². The third-order valence-corrected chi connectivity index (χ3v) is 2.61. The minimum absolute atomic E-state index is 0.315. The molecule has 2 nitrogen and oxygen atoms in total. The maximum Gasteiger partial charge on any atom is 0.188 e. The fourth-order valence-electron chi connectivity index (χ4n) is 1.61. The van der Waals surface area contributed by atoms with Crippen LogP contribution in [0.2, 0.25) is 0 Å². The molecule has 0 aliphatic carbocycles. The van der Waals surface area contributed by atoms with Crippen molar-refractivity contribution in [3.8, 4) is 17.6 Å². The van der Waals surface area contributed by atoms with Gasteiger partial charge in [0.2, 0.25) is 0 Å². The summed E-state index contributed by atoms with van der Waals surface area (Å²) in [6.07, 6.45) is 3.99. The summed E-state index contributed by atoms with van der Waals surface area (Å²) in [6, 6.07) is 5.12. The van der Waals surface area contributed by atoms with Gasteiger partial charge in [0.15, 0.2) is 11.6 Å². The smallest absolute Gasteiger partial charge is 0.188 e. The number of nitrogens with one attached hydrogen (secondary N) is 1. The number of unbranched alkanes of at least 4 members (excludes halogenated alkanes) is 3. The van der Waals surface area contributed by atoms with Crippen LogP contribution in [0.1, 0.15) is 32.6 Å². The summed E-state index contributed by atoms with van der Waals surface area (Å²) in [7, 11) is 1.69. The minimum Gasteiger partial charge on any atom is -0.490 e. The molecule has 0 amide bonds. The molecule has 0 spiro atoms. The molecule has 1 aromatic rings. The highest BCUT2D eigenvalue weighted by Gasteiger charge is 2.07. The van der Waals surface area contributed by atoms with Crippen molar-refractivity contribution < 1.29 is 9.13 Å². The van der Waals surface area contributed by atoms with Crippen LogP contribution in [0.25, 0.3) is 0 Å². The molecule has 0 saturated carbocycles. The highest BCUT2D eigenvalue weighted by molar-refractivity contribution is 5.49. The monoisotopic (exact) mass is 249 g/mol. The van der Waals surface area contributed by atoms with Crippen molar-refractivity contribution >= 4 is 5.69 Å². The van der Waals surface area contributed by atoms with E-state index in [2.05, 4.69) is 17.2 Å². The lowest BCUT2D eigenvalue weighted by molar-refractivity contribution is 0.291. The van der Waals surface area contributed by atoms with Crippen molar-refractivity contribution in [2.45, 2.75) is 32.6 Å². The summed E-state index contributed by atoms with van der Waals surface area (Å²) in [6.45, 7) is 2.39. The standard InChI is InChI=1S/C15H20FNO/c1-3-4-5-6-7-8-12-18-14-11-9-10-13(17-2)15(14)16/h9-11,17H,5-8,12H2,1-2H3. The van der Waals surface area contributed by atoms with E-state index < -0.39 is 0 Å². The number of anilines is 1. The van der Waals surface area contributed by atoms with Crippen LogP contribution >= 0.6 is 0 Å². The van der Waals surface area contributed by atoms with Gasteiger partial charge >= 0.3 is 0 Å². The number of benzene rings is 1. The van der Waals surface area contributed by atoms with Gasteiger partial charge in [-0.15, -0.1) is 11.8 Å². The average molecular weight is 249 g/mol. The molecule has 0 aliphatic rings. The fourth-order valence-corrected chi connectivity index (χ4v) is 1.61. The van der Waals surface area contributed by atoms with E-state index >= 15 is 0 Å². The first-order valence-corrected chi connectivity index (χ1v) is 6.28. The van der Waals surface area contributed by atoms with Gasteiger partial charge in [-0.2, -0.15) is 0 Å². The largest absolute Gasteiger partial charge is 0.490 e. The summed E-state index contributed by atoms with van der Waals surface area (Å²) in [4.78, 5) is 0. The van der Waals surface area contributed by atoms with Crippen molar-refractivity contribution in [2.24, 2.45) is 0 Å². The molecule has 0 fully saturated rings. The van der Waals surface area contributed by atoms with Crippen LogP contribution in [0.3, 0.4) is 0 Å². The van der Waals surface area contributed by atoms with Gasteiger partial charge in [0, 0.05) is 13.5 Å². The summed E-state index contributed by atoms with van der Waals surface area (Å²) >= 11 is 0. The van der Waals surface area contributed by atoms with E-state index in [4.69, 9.17) is 4.74 Å². The lowest BCUT2D eigenvalue weighted by Gasteiger charge is -2.09. The van der Waals surface area contributed by atoms with E-state index in [0.29, 0.717) is 18.0 Å². The third-order valence-electron chi connectivity index (χ3n) is 2.61. The predicted octanol–water partition coefficient (Wildman–Crippen LogP) is 3.83. The van der Waals surface area contributed by atoms with E-state index in [0.717, 1.165) is 25.7 Å². The first-order chi connectivity index (χ1) is 8.79. The Labute approximate surface area is 109 Å². The summed E-state index contributed by atoms with van der Waals surface area (Å²) < 4.78 is 19.2. The Balaban J connectivity index is 2.28. The second-order valence-corrected chi connectivity index (χ2v) is 3.95. The molecule has 18 heavy (non-hydrogen) atoms. The Morgan fingerprint density at radius 3 is 2.83 bits per heavy atom. The highest BCUT2D eigenvalue weighted by atomic mass is 19.1. The molecule has 3 heteroatoms. The number of halogens is 1. The quantitative estimate of drug-likeness (QED) is 0.585. The maximum absolute atomic E-state index is 13.7. The first-order valence-electron chi connectivity index (χ1n) is 6.28. The van der Waals surface area contributed by atoms with Gasteiger partial charge in [0.1, 0.15) is 0 Å². The molecule has 1 aromatic carbocycles. The SMILES string of the molecule is CC#CCCCCCOc1cccc(NC)c1F. The molecule has 0 heterocycles. The minimum atomic E-state index is -0.322. The molecule has 0 unspecified atom stereocenters. The Hall–Kier alpha value is -1.69. The molecule has 0 atom stereocenters. The van der Waals surface area contributed by atoms with E-state index in [1.165, 1.54) is 0 Å². The van der Waals surface area contributed by atoms with Crippen LogP contribution < -0.4 is 10.1 Å². The maximum atomic E-state index is 13.7. The molecule has 1 N–H and O–H groups in total. The molecule has 0 saturated heterocycles. The van der Waals surface area contributed by atoms with Crippen molar-refractivity contribution in [1.82, 2.24) is 0 Å². The molecule has 1 rings (SSSR count). The average Bonchev–Trinajstić information content (AvgIpc) is 2.39. The highest BCUT2D eigenvalue weighted by Crippen LogP contribution is 2.24. The zero-order chi connectivity index (χ0) is 13.2. The molecule has 0 aliphatic heterocycles. The van der Waals surface area contributed by atoms with Crippen LogP contribution in [-0.2, 0) is 0 Å². The number of rotatable bonds is 7. The lowest BCUT2D eigenvalue weighted by atomic mass is 10.2. The lowest BCUT2D eigenvalue weighted by Crippen LogP contribution is -2.01. The fraction of sp³-hybridized carbons (Fsp3) is 0.467. The summed E-state index contributed by atoms with van der Waals surface area (Å²) in [5.41, 5.74) is 0.464. The first kappa shape index (κ1) is 14.4. The Bertz CT molecular complexity index is 420. The Morgan fingerprint density at radius 1 is 1.28 bits per heavy atom. The Kier molecular flexibility index (Phi) is 6.71. The zero-order valence-corrected chi connectivity index (χ0v) is 11.1. The van der Waals surface area contributed by atoms with Crippen LogP contribution in [0.5, 0.6) is 5.75 Å². The molecule has 0 radical (unpaired) electrons. The van der Waals surface area contributed by atoms with Crippen molar-refractivity contribution in [1.29, 1.82) is 0 Å². The topological polar surface area (TPSA) is 21.3 Å². The van der Waals surface area contributed by atoms with Gasteiger partial charge in [0.05, 0.1) is 12.3 Å². The number of hydrogen-bond donors (Lipinski definition) is 1. The summed E-state index contributed by atoms with van der Waals surface area (Å²) in [5, 5.41) is 2.79. The van der Waals surface area contributed by atoms with Crippen molar-refractivity contribution in [3.63, 3.8) is 0 Å². The molecule has 0 aromatic heterocycles. The van der Waals surface area contributed by atoms with Gasteiger partial charge in [-0.05, 0) is 38.3 Å². The van der Waals surface area contributed by atoms with Crippen molar-refractivity contribution in [2.75, 3.05) is 19.0 Å². The van der Waals surface area contributed by atoms with Gasteiger partial charge in [-0.3, -0.25) is 0 Å². The molecule has 0 bridgehead atoms. The van der Waals surface area contributed by atoms with Crippen LogP contribution in [0, 0.1) is 17.7 Å². The molecular weight excluding hydrogens is 229 g/mol. The number of ether oxygens (including phenoxy) is 1. The van der Waals surface area contributed by atoms with Gasteiger partial charge in [-0.25, -0.2) is 4.39 Å². The summed E-state index contributed by atoms with van der Waals surface area (Å²) in [5.74, 6) is 5.88. The van der Waals surface area contributed by atoms with E-state index in [1.54, 1.807) is 25.2 Å². The second-order valence-electron chi connectivity index (χ2n) is 3.95. The third kappa shape index (κ3) is 4.67. The number of hydrogen-bond acceptors (Lipinski definition) is 2. The van der Waals surface area contributed by atoms with Gasteiger partial charge in [0.25, 0.3) is 0 Å².